The number of nitrogens with one attached hydrogen (secondary N) is 1. The van der Waals surface area contributed by atoms with Gasteiger partial charge in [-0.1, -0.05) is 25.2 Å². The van der Waals surface area contributed by atoms with Crippen molar-refractivity contribution in [2.45, 2.75) is 27.2 Å². The summed E-state index contributed by atoms with van der Waals surface area (Å²) in [5, 5.41) is 4.11. The van der Waals surface area contributed by atoms with Crippen LogP contribution >= 0.6 is 11.3 Å². The van der Waals surface area contributed by atoms with E-state index in [-0.39, 0.29) is 5.97 Å². The van der Waals surface area contributed by atoms with Gasteiger partial charge >= 0.3 is 5.97 Å². The quantitative estimate of drug-likeness (QED) is 0.839. The number of aromatic nitrogens is 1. The lowest BCUT2D eigenvalue weighted by Crippen LogP contribution is -2.06. The van der Waals surface area contributed by atoms with Crippen molar-refractivity contribution in [3.05, 3.63) is 10.6 Å². The highest BCUT2D eigenvalue weighted by Crippen LogP contribution is 2.51. The molecule has 1 atom stereocenters. The lowest BCUT2D eigenvalue weighted by molar-refractivity contribution is 0.0605. The summed E-state index contributed by atoms with van der Waals surface area (Å²) in [6, 6.07) is 0. The summed E-state index contributed by atoms with van der Waals surface area (Å²) >= 11 is 1.37. The maximum Gasteiger partial charge on any atom is 0.350 e. The molecule has 17 heavy (non-hydrogen) atoms. The third-order valence-electron chi connectivity index (χ3n) is 3.38. The van der Waals surface area contributed by atoms with Crippen LogP contribution in [0.2, 0.25) is 0 Å². The zero-order chi connectivity index (χ0) is 12.6. The molecule has 0 aliphatic heterocycles. The van der Waals surface area contributed by atoms with E-state index in [1.54, 1.807) is 0 Å². The van der Waals surface area contributed by atoms with Crippen LogP contribution in [0.3, 0.4) is 0 Å². The van der Waals surface area contributed by atoms with Crippen LogP contribution in [0.4, 0.5) is 5.13 Å². The number of rotatable bonds is 4. The van der Waals surface area contributed by atoms with Crippen molar-refractivity contribution in [2.75, 3.05) is 19.0 Å². The van der Waals surface area contributed by atoms with E-state index in [4.69, 9.17) is 4.74 Å². The number of carbonyl (C=O) groups is 1. The summed E-state index contributed by atoms with van der Waals surface area (Å²) in [6.07, 6.45) is 1.26. The van der Waals surface area contributed by atoms with E-state index in [1.807, 2.05) is 6.92 Å². The minimum Gasteiger partial charge on any atom is -0.465 e. The Morgan fingerprint density at radius 3 is 2.82 bits per heavy atom. The molecule has 0 aromatic carbocycles. The van der Waals surface area contributed by atoms with Gasteiger partial charge in [0, 0.05) is 6.54 Å². The predicted octanol–water partition coefficient (Wildman–Crippen LogP) is 2.70. The van der Waals surface area contributed by atoms with E-state index >= 15 is 0 Å². The lowest BCUT2D eigenvalue weighted by Gasteiger charge is -2.03. The molecule has 0 spiro atoms. The molecule has 94 valence electrons. The standard InChI is InChI=1S/C12H18N2O2S/c1-7-9(10(15)16-4)17-11(14-7)13-6-8-5-12(8,2)3/h8H,5-6H2,1-4H3,(H,13,14). The molecule has 5 heteroatoms. The van der Waals surface area contributed by atoms with Crippen LogP contribution in [0, 0.1) is 18.3 Å². The van der Waals surface area contributed by atoms with Crippen molar-refractivity contribution in [1.29, 1.82) is 0 Å². The largest absolute Gasteiger partial charge is 0.465 e. The molecule has 0 bridgehead atoms. The molecule has 1 saturated carbocycles. The molecule has 1 unspecified atom stereocenters. The predicted molar refractivity (Wildman–Crippen MR) is 68.6 cm³/mol. The number of thiazole rings is 1. The van der Waals surface area contributed by atoms with Crippen molar-refractivity contribution < 1.29 is 9.53 Å². The van der Waals surface area contributed by atoms with Crippen LogP contribution in [0.1, 0.15) is 35.6 Å². The van der Waals surface area contributed by atoms with Crippen LogP contribution in [0.25, 0.3) is 0 Å². The molecule has 0 amide bonds. The molecular weight excluding hydrogens is 236 g/mol. The van der Waals surface area contributed by atoms with Gasteiger partial charge in [-0.25, -0.2) is 9.78 Å². The minimum absolute atomic E-state index is 0.306. The summed E-state index contributed by atoms with van der Waals surface area (Å²) in [5.41, 5.74) is 1.20. The molecule has 1 aliphatic rings. The minimum atomic E-state index is -0.306. The van der Waals surface area contributed by atoms with E-state index in [0.717, 1.165) is 17.4 Å². The van der Waals surface area contributed by atoms with Crippen molar-refractivity contribution in [3.8, 4) is 0 Å². The third kappa shape index (κ3) is 2.60. The van der Waals surface area contributed by atoms with Crippen LogP contribution < -0.4 is 5.32 Å². The first-order valence-electron chi connectivity index (χ1n) is 5.73. The van der Waals surface area contributed by atoms with Gasteiger partial charge in [0.05, 0.1) is 12.8 Å². The highest BCUT2D eigenvalue weighted by molar-refractivity contribution is 7.17. The van der Waals surface area contributed by atoms with E-state index in [2.05, 4.69) is 24.1 Å². The number of anilines is 1. The normalized spacial score (nSPS) is 21.1. The summed E-state index contributed by atoms with van der Waals surface area (Å²) in [6.45, 7) is 7.30. The summed E-state index contributed by atoms with van der Waals surface area (Å²) in [5.74, 6) is 0.410. The highest BCUT2D eigenvalue weighted by Gasteiger charge is 2.45. The number of hydrogen-bond donors (Lipinski definition) is 1. The molecule has 1 fully saturated rings. The summed E-state index contributed by atoms with van der Waals surface area (Å²) in [4.78, 5) is 16.3. The zero-order valence-corrected chi connectivity index (χ0v) is 11.5. The molecule has 1 N–H and O–H groups in total. The Labute approximate surface area is 105 Å². The number of hydrogen-bond acceptors (Lipinski definition) is 5. The van der Waals surface area contributed by atoms with Crippen molar-refractivity contribution in [3.63, 3.8) is 0 Å². The smallest absolute Gasteiger partial charge is 0.350 e. The second kappa shape index (κ2) is 4.29. The maximum absolute atomic E-state index is 11.4. The average molecular weight is 254 g/mol. The Kier molecular flexibility index (Phi) is 3.12. The second-order valence-electron chi connectivity index (χ2n) is 5.20. The lowest BCUT2D eigenvalue weighted by atomic mass is 10.1. The Morgan fingerprint density at radius 2 is 2.29 bits per heavy atom. The van der Waals surface area contributed by atoms with E-state index in [0.29, 0.717) is 16.2 Å². The summed E-state index contributed by atoms with van der Waals surface area (Å²) < 4.78 is 4.71. The van der Waals surface area contributed by atoms with Gasteiger partial charge in [0.1, 0.15) is 4.88 Å². The second-order valence-corrected chi connectivity index (χ2v) is 6.19. The number of carbonyl (C=O) groups excluding carboxylic acids is 1. The Hall–Kier alpha value is -1.10. The maximum atomic E-state index is 11.4. The first kappa shape index (κ1) is 12.4. The highest BCUT2D eigenvalue weighted by atomic mass is 32.1. The molecular formula is C12H18N2O2S. The van der Waals surface area contributed by atoms with Gasteiger partial charge in [0.15, 0.2) is 5.13 Å². The molecule has 4 nitrogen and oxygen atoms in total. The van der Waals surface area contributed by atoms with Crippen LogP contribution in [0.5, 0.6) is 0 Å². The number of aryl methyl sites for hydroxylation is 1. The summed E-state index contributed by atoms with van der Waals surface area (Å²) in [7, 11) is 1.39. The molecule has 0 radical (unpaired) electrons. The van der Waals surface area contributed by atoms with Gasteiger partial charge in [-0.2, -0.15) is 0 Å². The Bertz CT molecular complexity index is 440. The van der Waals surface area contributed by atoms with Gasteiger partial charge < -0.3 is 10.1 Å². The van der Waals surface area contributed by atoms with E-state index in [1.165, 1.54) is 24.9 Å². The molecule has 1 aromatic heterocycles. The topological polar surface area (TPSA) is 51.2 Å². The fraction of sp³-hybridized carbons (Fsp3) is 0.667. The van der Waals surface area contributed by atoms with Crippen molar-refractivity contribution >= 4 is 22.4 Å². The van der Waals surface area contributed by atoms with Gasteiger partial charge in [-0.3, -0.25) is 0 Å². The Morgan fingerprint density at radius 1 is 1.65 bits per heavy atom. The number of esters is 1. The number of ether oxygens (including phenoxy) is 1. The van der Waals surface area contributed by atoms with Gasteiger partial charge in [-0.05, 0) is 24.7 Å². The van der Waals surface area contributed by atoms with Gasteiger partial charge in [-0.15, -0.1) is 0 Å². The number of methoxy groups -OCH3 is 1. The molecule has 0 saturated heterocycles. The SMILES string of the molecule is COC(=O)c1sc(NCC2CC2(C)C)nc1C. The Balaban J connectivity index is 1.96. The first-order chi connectivity index (χ1) is 7.94. The van der Waals surface area contributed by atoms with Crippen LogP contribution in [-0.4, -0.2) is 24.6 Å². The fourth-order valence-corrected chi connectivity index (χ4v) is 2.78. The number of nitrogens with zero attached hydrogens (tertiary/aromatic N) is 1. The van der Waals surface area contributed by atoms with Gasteiger partial charge in [0.25, 0.3) is 0 Å². The first-order valence-corrected chi connectivity index (χ1v) is 6.55. The fourth-order valence-electron chi connectivity index (χ4n) is 1.89. The zero-order valence-electron chi connectivity index (χ0n) is 10.7. The third-order valence-corrected chi connectivity index (χ3v) is 4.48. The molecule has 1 heterocycles. The van der Waals surface area contributed by atoms with Crippen molar-refractivity contribution in [2.24, 2.45) is 11.3 Å². The monoisotopic (exact) mass is 254 g/mol. The van der Waals surface area contributed by atoms with Crippen LogP contribution in [-0.2, 0) is 4.74 Å². The molecule has 1 aliphatic carbocycles. The van der Waals surface area contributed by atoms with Gasteiger partial charge in [0.2, 0.25) is 0 Å². The van der Waals surface area contributed by atoms with Crippen LogP contribution in [0.15, 0.2) is 0 Å². The average Bonchev–Trinajstić information content (AvgIpc) is 2.70. The van der Waals surface area contributed by atoms with E-state index in [9.17, 15) is 4.79 Å². The molecule has 1 aromatic rings. The van der Waals surface area contributed by atoms with Crippen molar-refractivity contribution in [1.82, 2.24) is 4.98 Å². The van der Waals surface area contributed by atoms with E-state index < -0.39 is 0 Å². The molecule has 2 rings (SSSR count).